The predicted molar refractivity (Wildman–Crippen MR) is 166 cm³/mol. The van der Waals surface area contributed by atoms with Crippen molar-refractivity contribution in [2.24, 2.45) is 0 Å². The summed E-state index contributed by atoms with van der Waals surface area (Å²) in [5, 5.41) is 0. The van der Waals surface area contributed by atoms with Crippen LogP contribution in [0.5, 0.6) is 0 Å². The van der Waals surface area contributed by atoms with Gasteiger partial charge in [-0.2, -0.15) is 0 Å². The van der Waals surface area contributed by atoms with Crippen molar-refractivity contribution < 1.29 is 19.2 Å². The number of aromatic nitrogens is 2. The highest BCUT2D eigenvalue weighted by Crippen LogP contribution is 2.35. The zero-order valence-electron chi connectivity index (χ0n) is 24.0. The van der Waals surface area contributed by atoms with Crippen LogP contribution in [0.25, 0.3) is 0 Å². The van der Waals surface area contributed by atoms with Crippen LogP contribution < -0.4 is 0 Å². The number of nitrogens with zero attached hydrogens (tertiary/aromatic N) is 2. The van der Waals surface area contributed by atoms with E-state index >= 15 is 0 Å². The Morgan fingerprint density at radius 1 is 0.535 bits per heavy atom. The highest BCUT2D eigenvalue weighted by molar-refractivity contribution is 6.28. The van der Waals surface area contributed by atoms with Gasteiger partial charge in [0.1, 0.15) is 0 Å². The van der Waals surface area contributed by atoms with E-state index in [4.69, 9.17) is 0 Å². The number of benzene rings is 1. The first kappa shape index (κ1) is 29.1. The van der Waals surface area contributed by atoms with Crippen LogP contribution in [-0.2, 0) is 0 Å². The predicted octanol–water partition coefficient (Wildman–Crippen LogP) is 7.20. The molecule has 2 aliphatic carbocycles. The second-order valence-electron chi connectivity index (χ2n) is 10.3. The number of hydrogen-bond acceptors (Lipinski definition) is 6. The molecule has 1 aromatic carbocycles. The first-order chi connectivity index (χ1) is 20.9. The zero-order valence-corrected chi connectivity index (χ0v) is 24.0. The molecule has 0 saturated carbocycles. The Morgan fingerprint density at radius 2 is 0.953 bits per heavy atom. The van der Waals surface area contributed by atoms with Crippen molar-refractivity contribution in [3.8, 4) is 0 Å². The molecule has 212 valence electrons. The lowest BCUT2D eigenvalue weighted by molar-refractivity contribution is 0.0990. The van der Waals surface area contributed by atoms with Crippen molar-refractivity contribution in [3.05, 3.63) is 165 Å². The third-order valence-electron chi connectivity index (χ3n) is 7.51. The van der Waals surface area contributed by atoms with Crippen LogP contribution in [0, 0.1) is 13.8 Å². The third kappa shape index (κ3) is 5.99. The lowest BCUT2D eigenvalue weighted by Crippen LogP contribution is -2.23. The van der Waals surface area contributed by atoms with E-state index in [2.05, 4.69) is 9.97 Å². The number of carbonyl (C=O) groups is 4. The van der Waals surface area contributed by atoms with Crippen molar-refractivity contribution in [1.29, 1.82) is 0 Å². The number of hydrogen-bond donors (Lipinski definition) is 0. The molecule has 0 N–H and O–H groups in total. The fourth-order valence-corrected chi connectivity index (χ4v) is 5.33. The molecule has 0 aliphatic heterocycles. The zero-order chi connectivity index (χ0) is 30.3. The normalized spacial score (nSPS) is 14.3. The number of rotatable bonds is 8. The van der Waals surface area contributed by atoms with Crippen molar-refractivity contribution in [2.45, 2.75) is 33.1 Å². The molecular weight excluding hydrogens is 536 g/mol. The number of ketones is 4. The van der Waals surface area contributed by atoms with E-state index in [1.165, 1.54) is 24.8 Å². The Hall–Kier alpha value is -5.36. The maximum Gasteiger partial charge on any atom is 0.194 e. The molecule has 0 atom stereocenters. The van der Waals surface area contributed by atoms with Gasteiger partial charge in [0, 0.05) is 69.3 Å². The summed E-state index contributed by atoms with van der Waals surface area (Å²) in [5.41, 5.74) is 2.31. The Labute approximate surface area is 250 Å². The highest BCUT2D eigenvalue weighted by Gasteiger charge is 2.34. The monoisotopic (exact) mass is 566 g/mol. The van der Waals surface area contributed by atoms with Gasteiger partial charge in [0.15, 0.2) is 23.1 Å². The number of Topliss-reactive ketones (excluding diaryl/α,β-unsaturated/α-hetero) is 2. The van der Waals surface area contributed by atoms with Gasteiger partial charge in [0.2, 0.25) is 0 Å². The molecule has 6 nitrogen and oxygen atoms in total. The maximum atomic E-state index is 14.4. The molecular formula is C37H30N2O4. The molecule has 0 bridgehead atoms. The summed E-state index contributed by atoms with van der Waals surface area (Å²) in [7, 11) is 0. The summed E-state index contributed by atoms with van der Waals surface area (Å²) in [6.07, 6.45) is 26.5. The van der Waals surface area contributed by atoms with Gasteiger partial charge in [-0.25, -0.2) is 0 Å². The van der Waals surface area contributed by atoms with Crippen LogP contribution >= 0.6 is 0 Å². The topological polar surface area (TPSA) is 94.1 Å². The lowest BCUT2D eigenvalue weighted by atomic mass is 9.78. The molecule has 2 heterocycles. The highest BCUT2D eigenvalue weighted by atomic mass is 16.1. The van der Waals surface area contributed by atoms with E-state index in [1.54, 1.807) is 68.5 Å². The van der Waals surface area contributed by atoms with Gasteiger partial charge in [-0.05, 0) is 68.5 Å². The van der Waals surface area contributed by atoms with Crippen LogP contribution in [0.2, 0.25) is 0 Å². The third-order valence-corrected chi connectivity index (χ3v) is 7.51. The molecule has 0 fully saturated rings. The smallest absolute Gasteiger partial charge is 0.194 e. The van der Waals surface area contributed by atoms with Crippen LogP contribution in [0.3, 0.4) is 0 Å². The summed E-state index contributed by atoms with van der Waals surface area (Å²) in [4.78, 5) is 65.2. The molecule has 0 radical (unpaired) electrons. The van der Waals surface area contributed by atoms with E-state index in [9.17, 15) is 19.2 Å². The second kappa shape index (κ2) is 13.1. The van der Waals surface area contributed by atoms with Crippen molar-refractivity contribution in [2.75, 3.05) is 0 Å². The van der Waals surface area contributed by atoms with Crippen molar-refractivity contribution in [1.82, 2.24) is 9.97 Å². The summed E-state index contributed by atoms with van der Waals surface area (Å²) in [6.45, 7) is 3.28. The number of pyridine rings is 2. The summed E-state index contributed by atoms with van der Waals surface area (Å²) >= 11 is 0. The van der Waals surface area contributed by atoms with Gasteiger partial charge >= 0.3 is 0 Å². The Balaban J connectivity index is 1.87. The minimum atomic E-state index is -0.438. The summed E-state index contributed by atoms with van der Waals surface area (Å²) in [6, 6.07) is 6.26. The fourth-order valence-electron chi connectivity index (χ4n) is 5.33. The van der Waals surface area contributed by atoms with E-state index in [0.29, 0.717) is 28.7 Å². The first-order valence-electron chi connectivity index (χ1n) is 14.1. The number of carbonyl (C=O) groups excluding carboxylic acids is 4. The maximum absolute atomic E-state index is 14.4. The van der Waals surface area contributed by atoms with Gasteiger partial charge in [-0.3, -0.25) is 29.1 Å². The van der Waals surface area contributed by atoms with E-state index in [1.807, 2.05) is 30.4 Å². The van der Waals surface area contributed by atoms with Crippen LogP contribution in [0.1, 0.15) is 82.9 Å². The number of allylic oxidation sites excluding steroid dienone is 12. The molecule has 6 heteroatoms. The second-order valence-corrected chi connectivity index (χ2v) is 10.3. The van der Waals surface area contributed by atoms with Crippen LogP contribution in [0.15, 0.2) is 121 Å². The minimum absolute atomic E-state index is 0.0845. The molecule has 5 rings (SSSR count). The van der Waals surface area contributed by atoms with E-state index in [0.717, 1.165) is 12.8 Å². The standard InChI is InChI=1S/C37H30N2O4/c1-24-30(34(40)26-12-8-4-3-5-9-13-26)31(35(41)27-14-10-6-7-11-15-27)25(2)33(37(43)29-18-22-39-23-19-29)32(24)36(42)28-16-20-38-21-17-28/h4,6,8-23H,3,5,7H2,1-2H3. The molecule has 0 unspecified atom stereocenters. The molecule has 2 aliphatic rings. The van der Waals surface area contributed by atoms with Crippen molar-refractivity contribution >= 4 is 23.1 Å². The van der Waals surface area contributed by atoms with Gasteiger partial charge in [-0.1, -0.05) is 60.8 Å². The van der Waals surface area contributed by atoms with E-state index in [-0.39, 0.29) is 33.4 Å². The average Bonchev–Trinajstić information content (AvgIpc) is 3.31. The van der Waals surface area contributed by atoms with Crippen LogP contribution in [-0.4, -0.2) is 33.1 Å². The lowest BCUT2D eigenvalue weighted by Gasteiger charge is -2.22. The fraction of sp³-hybridized carbons (Fsp3) is 0.135. The van der Waals surface area contributed by atoms with Crippen LogP contribution in [0.4, 0.5) is 0 Å². The van der Waals surface area contributed by atoms with Gasteiger partial charge in [0.25, 0.3) is 0 Å². The largest absolute Gasteiger partial charge is 0.289 e. The molecule has 3 aromatic rings. The first-order valence-corrected chi connectivity index (χ1v) is 14.1. The molecule has 0 saturated heterocycles. The molecule has 0 spiro atoms. The van der Waals surface area contributed by atoms with Gasteiger partial charge in [0.05, 0.1) is 0 Å². The molecule has 43 heavy (non-hydrogen) atoms. The Morgan fingerprint density at radius 3 is 1.47 bits per heavy atom. The summed E-state index contributed by atoms with van der Waals surface area (Å²) < 4.78 is 0. The SMILES string of the molecule is Cc1c(C(=O)C2=CC=CCC=C2)c(C(=O)C2=CC=CCCC=C2)c(C)c(C(=O)c2ccncc2)c1C(=O)c1ccncc1. The quantitative estimate of drug-likeness (QED) is 0.268. The molecule has 2 aromatic heterocycles. The van der Waals surface area contributed by atoms with Gasteiger partial charge < -0.3 is 0 Å². The van der Waals surface area contributed by atoms with Crippen molar-refractivity contribution in [3.63, 3.8) is 0 Å². The minimum Gasteiger partial charge on any atom is -0.289 e. The van der Waals surface area contributed by atoms with E-state index < -0.39 is 23.1 Å². The molecule has 0 amide bonds. The Kier molecular flexibility index (Phi) is 8.87. The van der Waals surface area contributed by atoms with Gasteiger partial charge in [-0.15, -0.1) is 0 Å². The summed E-state index contributed by atoms with van der Waals surface area (Å²) in [5.74, 6) is -1.67. The average molecular weight is 567 g/mol. The Bertz CT molecular complexity index is 1800.